The van der Waals surface area contributed by atoms with Crippen LogP contribution in [0.4, 0.5) is 0 Å². The molecule has 0 bridgehead atoms. The maximum absolute atomic E-state index is 12.9. The molecule has 0 aliphatic heterocycles. The van der Waals surface area contributed by atoms with E-state index in [0.717, 1.165) is 54.2 Å². The van der Waals surface area contributed by atoms with Crippen molar-refractivity contribution in [2.45, 2.75) is 52.7 Å². The molecule has 11 heteroatoms. The summed E-state index contributed by atoms with van der Waals surface area (Å²) in [5.74, 6) is -0.581. The van der Waals surface area contributed by atoms with Gasteiger partial charge in [0.25, 0.3) is 0 Å². The molecular formula is C33H31ClN6O3S. The maximum Gasteiger partial charge on any atom is 0.340 e. The topological polar surface area (TPSA) is 116 Å². The summed E-state index contributed by atoms with van der Waals surface area (Å²) in [6.07, 6.45) is 3.47. The van der Waals surface area contributed by atoms with Crippen LogP contribution in [0, 0.1) is 13.8 Å². The Labute approximate surface area is 263 Å². The van der Waals surface area contributed by atoms with E-state index in [9.17, 15) is 9.90 Å². The second kappa shape index (κ2) is 10.7. The predicted molar refractivity (Wildman–Crippen MR) is 174 cm³/mol. The third-order valence-electron chi connectivity index (χ3n) is 7.40. The van der Waals surface area contributed by atoms with Crippen molar-refractivity contribution in [2.75, 3.05) is 0 Å². The Bertz CT molecular complexity index is 2080. The normalized spacial score (nSPS) is 13.5. The molecule has 0 radical (unpaired) electrons. The van der Waals surface area contributed by atoms with E-state index >= 15 is 0 Å². The van der Waals surface area contributed by atoms with Gasteiger partial charge in [-0.1, -0.05) is 23.7 Å². The molecule has 1 unspecified atom stereocenters. The van der Waals surface area contributed by atoms with E-state index in [0.29, 0.717) is 22.1 Å². The number of carbonyl (C=O) groups is 1. The van der Waals surface area contributed by atoms with Crippen LogP contribution in [0.5, 0.6) is 0 Å². The largest absolute Gasteiger partial charge is 0.479 e. The molecule has 1 atom stereocenters. The van der Waals surface area contributed by atoms with Gasteiger partial charge >= 0.3 is 5.97 Å². The zero-order chi connectivity index (χ0) is 31.6. The monoisotopic (exact) mass is 626 g/mol. The Kier molecular flexibility index (Phi) is 7.27. The number of rotatable bonds is 6. The molecule has 44 heavy (non-hydrogen) atoms. The van der Waals surface area contributed by atoms with E-state index in [1.54, 1.807) is 36.1 Å². The van der Waals surface area contributed by atoms with Crippen molar-refractivity contribution in [3.63, 3.8) is 0 Å². The van der Waals surface area contributed by atoms with Crippen LogP contribution in [0.25, 0.3) is 54.5 Å². The van der Waals surface area contributed by atoms with Gasteiger partial charge in [0, 0.05) is 35.0 Å². The standard InChI is InChI=1S/C33H31ClN6O3S/c1-17-14-22-28(25(19-8-10-21(34)11-9-19)26(17)33(6,31(41)42)43-32(3,4)5)44-30(37-22)20-12-13-35-23(15-20)29-36-16-24-27(38-29)18(2)39-40(24)7/h8-16H,1-7H3,(H,41,42). The van der Waals surface area contributed by atoms with Crippen molar-refractivity contribution in [1.29, 1.82) is 0 Å². The van der Waals surface area contributed by atoms with Crippen molar-refractivity contribution in [1.82, 2.24) is 29.7 Å². The first-order valence-electron chi connectivity index (χ1n) is 14.0. The van der Waals surface area contributed by atoms with Crippen LogP contribution in [0.2, 0.25) is 5.02 Å². The molecule has 224 valence electrons. The van der Waals surface area contributed by atoms with Gasteiger partial charge in [0.1, 0.15) is 21.7 Å². The first-order valence-corrected chi connectivity index (χ1v) is 15.2. The summed E-state index contributed by atoms with van der Waals surface area (Å²) in [7, 11) is 1.87. The van der Waals surface area contributed by atoms with Crippen molar-refractivity contribution >= 4 is 50.2 Å². The minimum Gasteiger partial charge on any atom is -0.479 e. The quantitative estimate of drug-likeness (QED) is 0.199. The summed E-state index contributed by atoms with van der Waals surface area (Å²) in [6.45, 7) is 11.0. The number of aromatic nitrogens is 6. The number of ether oxygens (including phenoxy) is 1. The first-order chi connectivity index (χ1) is 20.7. The fourth-order valence-electron chi connectivity index (χ4n) is 5.66. The molecule has 2 aromatic carbocycles. The zero-order valence-corrected chi connectivity index (χ0v) is 27.0. The maximum atomic E-state index is 12.9. The van der Waals surface area contributed by atoms with Crippen LogP contribution < -0.4 is 0 Å². The van der Waals surface area contributed by atoms with Gasteiger partial charge in [0.05, 0.1) is 27.7 Å². The van der Waals surface area contributed by atoms with Gasteiger partial charge in [0.15, 0.2) is 11.4 Å². The van der Waals surface area contributed by atoms with E-state index in [2.05, 4.69) is 15.1 Å². The fourth-order valence-corrected chi connectivity index (χ4v) is 6.89. The second-order valence-corrected chi connectivity index (χ2v) is 13.4. The Balaban J connectivity index is 1.56. The van der Waals surface area contributed by atoms with Gasteiger partial charge < -0.3 is 9.84 Å². The van der Waals surface area contributed by atoms with Crippen LogP contribution in [-0.2, 0) is 22.2 Å². The number of aryl methyl sites for hydroxylation is 3. The number of hydrogen-bond donors (Lipinski definition) is 1. The fraction of sp³-hybridized carbons (Fsp3) is 0.273. The van der Waals surface area contributed by atoms with Gasteiger partial charge in [-0.25, -0.2) is 19.7 Å². The molecule has 9 nitrogen and oxygen atoms in total. The molecule has 0 aliphatic rings. The highest BCUT2D eigenvalue weighted by atomic mass is 35.5. The highest BCUT2D eigenvalue weighted by molar-refractivity contribution is 7.22. The summed E-state index contributed by atoms with van der Waals surface area (Å²) in [6, 6.07) is 13.2. The van der Waals surface area contributed by atoms with Gasteiger partial charge in [-0.3, -0.25) is 9.67 Å². The molecule has 0 spiro atoms. The average Bonchev–Trinajstić information content (AvgIpc) is 3.51. The lowest BCUT2D eigenvalue weighted by Crippen LogP contribution is -2.42. The van der Waals surface area contributed by atoms with Crippen LogP contribution in [0.1, 0.15) is 44.5 Å². The summed E-state index contributed by atoms with van der Waals surface area (Å²) in [4.78, 5) is 31.8. The molecule has 6 aromatic rings. The van der Waals surface area contributed by atoms with E-state index in [4.69, 9.17) is 26.3 Å². The molecular weight excluding hydrogens is 596 g/mol. The van der Waals surface area contributed by atoms with Gasteiger partial charge in [0.2, 0.25) is 0 Å². The number of aliphatic carboxylic acids is 1. The number of carboxylic acid groups (broad SMARTS) is 1. The lowest BCUT2D eigenvalue weighted by molar-refractivity contribution is -0.183. The van der Waals surface area contributed by atoms with Crippen molar-refractivity contribution in [3.05, 3.63) is 76.7 Å². The molecule has 6 rings (SSSR count). The summed E-state index contributed by atoms with van der Waals surface area (Å²) in [5, 5.41) is 16.4. The number of halogens is 1. The summed E-state index contributed by atoms with van der Waals surface area (Å²) in [5.41, 5.74) is 5.20. The highest BCUT2D eigenvalue weighted by Crippen LogP contribution is 2.46. The lowest BCUT2D eigenvalue weighted by atomic mass is 9.84. The second-order valence-electron chi connectivity index (χ2n) is 11.9. The van der Waals surface area contributed by atoms with Crippen molar-refractivity contribution in [2.24, 2.45) is 7.05 Å². The smallest absolute Gasteiger partial charge is 0.340 e. The number of thiazole rings is 1. The SMILES string of the molecule is Cc1cc2nc(-c3ccnc(-c4ncc5c(n4)c(C)nn5C)c3)sc2c(-c2ccc(Cl)cc2)c1C(C)(OC(C)(C)C)C(=O)O. The number of pyridine rings is 1. The Morgan fingerprint density at radius 3 is 2.41 bits per heavy atom. The third-order valence-corrected chi connectivity index (χ3v) is 8.79. The van der Waals surface area contributed by atoms with Crippen LogP contribution in [-0.4, -0.2) is 46.4 Å². The number of hydrogen-bond acceptors (Lipinski definition) is 8. The van der Waals surface area contributed by atoms with Gasteiger partial charge in [-0.05, 0) is 83.0 Å². The minimum atomic E-state index is -1.64. The molecule has 0 amide bonds. The van der Waals surface area contributed by atoms with E-state index in [1.807, 2.05) is 72.0 Å². The number of carboxylic acids is 1. The van der Waals surface area contributed by atoms with Gasteiger partial charge in [-0.2, -0.15) is 5.10 Å². The van der Waals surface area contributed by atoms with E-state index < -0.39 is 17.2 Å². The van der Waals surface area contributed by atoms with Crippen LogP contribution in [0.15, 0.2) is 54.9 Å². The number of fused-ring (bicyclic) bond motifs is 2. The number of benzene rings is 2. The third kappa shape index (κ3) is 5.23. The zero-order valence-electron chi connectivity index (χ0n) is 25.4. The van der Waals surface area contributed by atoms with Crippen molar-refractivity contribution < 1.29 is 14.6 Å². The molecule has 0 aliphatic carbocycles. The first kappa shape index (κ1) is 29.8. The molecule has 0 fully saturated rings. The number of nitrogens with zero attached hydrogens (tertiary/aromatic N) is 6. The van der Waals surface area contributed by atoms with Gasteiger partial charge in [-0.15, -0.1) is 11.3 Å². The van der Waals surface area contributed by atoms with E-state index in [1.165, 1.54) is 11.3 Å². The summed E-state index contributed by atoms with van der Waals surface area (Å²) < 4.78 is 8.92. The molecule has 4 aromatic heterocycles. The summed E-state index contributed by atoms with van der Waals surface area (Å²) >= 11 is 7.74. The highest BCUT2D eigenvalue weighted by Gasteiger charge is 2.44. The molecule has 0 saturated carbocycles. The Morgan fingerprint density at radius 1 is 1.00 bits per heavy atom. The lowest BCUT2D eigenvalue weighted by Gasteiger charge is -2.36. The van der Waals surface area contributed by atoms with Crippen LogP contribution in [0.3, 0.4) is 0 Å². The average molecular weight is 627 g/mol. The Morgan fingerprint density at radius 2 is 1.73 bits per heavy atom. The molecule has 1 N–H and O–H groups in total. The van der Waals surface area contributed by atoms with Crippen LogP contribution >= 0.6 is 22.9 Å². The predicted octanol–water partition coefficient (Wildman–Crippen LogP) is 7.75. The molecule has 4 heterocycles. The Hall–Kier alpha value is -4.25. The molecule has 0 saturated heterocycles. The van der Waals surface area contributed by atoms with E-state index in [-0.39, 0.29) is 0 Å². The van der Waals surface area contributed by atoms with Crippen molar-refractivity contribution in [3.8, 4) is 33.2 Å². The minimum absolute atomic E-state index is 0.494.